The van der Waals surface area contributed by atoms with Crippen molar-refractivity contribution in [1.82, 2.24) is 0 Å². The van der Waals surface area contributed by atoms with Crippen molar-refractivity contribution in [3.8, 4) is 11.3 Å². The number of rotatable bonds is 3. The van der Waals surface area contributed by atoms with Gasteiger partial charge in [-0.15, -0.1) is 0 Å². The molecule has 1 N–H and O–H groups in total. The van der Waals surface area contributed by atoms with Gasteiger partial charge in [0.25, 0.3) is 0 Å². The lowest BCUT2D eigenvalue weighted by atomic mass is 9.79. The third kappa shape index (κ3) is 1.97. The van der Waals surface area contributed by atoms with Crippen molar-refractivity contribution in [3.05, 3.63) is 47.7 Å². The highest BCUT2D eigenvalue weighted by atomic mass is 16.3. The van der Waals surface area contributed by atoms with Crippen molar-refractivity contribution >= 4 is 0 Å². The van der Waals surface area contributed by atoms with E-state index in [1.807, 2.05) is 43.3 Å². The third-order valence-electron chi connectivity index (χ3n) is 3.93. The fraction of sp³-hybridized carbons (Fsp3) is 0.375. The van der Waals surface area contributed by atoms with Gasteiger partial charge in [0.15, 0.2) is 0 Å². The summed E-state index contributed by atoms with van der Waals surface area (Å²) in [6.45, 7) is 1.93. The molecule has 0 aliphatic heterocycles. The van der Waals surface area contributed by atoms with E-state index in [4.69, 9.17) is 4.42 Å². The van der Waals surface area contributed by atoms with Crippen LogP contribution in [0.2, 0.25) is 0 Å². The molecule has 1 heterocycles. The van der Waals surface area contributed by atoms with Gasteiger partial charge in [0.05, 0.1) is 6.10 Å². The lowest BCUT2D eigenvalue weighted by Gasteiger charge is -2.29. The highest BCUT2D eigenvalue weighted by Gasteiger charge is 2.29. The summed E-state index contributed by atoms with van der Waals surface area (Å²) in [4.78, 5) is 0. The minimum Gasteiger partial charge on any atom is -0.461 e. The number of furan rings is 1. The molecule has 1 aromatic heterocycles. The maximum atomic E-state index is 10.3. The zero-order valence-electron chi connectivity index (χ0n) is 10.6. The third-order valence-corrected chi connectivity index (χ3v) is 3.93. The van der Waals surface area contributed by atoms with Gasteiger partial charge in [-0.2, -0.15) is 0 Å². The molecule has 0 saturated heterocycles. The van der Waals surface area contributed by atoms with Crippen LogP contribution >= 0.6 is 0 Å². The molecule has 1 unspecified atom stereocenters. The molecule has 1 fully saturated rings. The molecule has 1 atom stereocenters. The van der Waals surface area contributed by atoms with E-state index in [1.54, 1.807) is 0 Å². The van der Waals surface area contributed by atoms with E-state index in [-0.39, 0.29) is 6.10 Å². The number of benzene rings is 1. The van der Waals surface area contributed by atoms with Gasteiger partial charge in [0, 0.05) is 11.1 Å². The fourth-order valence-corrected chi connectivity index (χ4v) is 2.54. The van der Waals surface area contributed by atoms with Crippen LogP contribution in [0.3, 0.4) is 0 Å². The van der Waals surface area contributed by atoms with Gasteiger partial charge in [-0.05, 0) is 31.7 Å². The van der Waals surface area contributed by atoms with Gasteiger partial charge in [0.1, 0.15) is 11.5 Å². The van der Waals surface area contributed by atoms with Crippen LogP contribution in [-0.4, -0.2) is 5.11 Å². The lowest BCUT2D eigenvalue weighted by molar-refractivity contribution is 0.0609. The van der Waals surface area contributed by atoms with Crippen LogP contribution in [0.5, 0.6) is 0 Å². The van der Waals surface area contributed by atoms with Crippen LogP contribution in [0.4, 0.5) is 0 Å². The average molecular weight is 242 g/mol. The summed E-state index contributed by atoms with van der Waals surface area (Å²) < 4.78 is 5.78. The van der Waals surface area contributed by atoms with E-state index >= 15 is 0 Å². The summed E-state index contributed by atoms with van der Waals surface area (Å²) in [6, 6.07) is 12.0. The van der Waals surface area contributed by atoms with Crippen LogP contribution in [0.1, 0.15) is 36.7 Å². The average Bonchev–Trinajstić information content (AvgIpc) is 2.70. The van der Waals surface area contributed by atoms with E-state index in [1.165, 1.54) is 6.42 Å². The summed E-state index contributed by atoms with van der Waals surface area (Å²) in [5, 5.41) is 10.3. The molecule has 1 aliphatic carbocycles. The Kier molecular flexibility index (Phi) is 2.96. The Bertz CT molecular complexity index is 523. The Morgan fingerprint density at radius 3 is 2.56 bits per heavy atom. The molecule has 3 rings (SSSR count). The SMILES string of the molecule is Cc1oc(-c2ccccc2)cc1C(O)C1CCC1. The summed E-state index contributed by atoms with van der Waals surface area (Å²) in [5.74, 6) is 2.11. The van der Waals surface area contributed by atoms with E-state index in [2.05, 4.69) is 0 Å². The second kappa shape index (κ2) is 4.62. The molecular weight excluding hydrogens is 224 g/mol. The quantitative estimate of drug-likeness (QED) is 0.879. The first-order valence-corrected chi connectivity index (χ1v) is 6.59. The van der Waals surface area contributed by atoms with E-state index in [0.29, 0.717) is 5.92 Å². The highest BCUT2D eigenvalue weighted by molar-refractivity contribution is 5.58. The van der Waals surface area contributed by atoms with Crippen molar-refractivity contribution in [2.45, 2.75) is 32.3 Å². The molecule has 0 spiro atoms. The van der Waals surface area contributed by atoms with Crippen LogP contribution < -0.4 is 0 Å². The number of aryl methyl sites for hydroxylation is 1. The summed E-state index contributed by atoms with van der Waals surface area (Å²) in [6.07, 6.45) is 3.14. The maximum Gasteiger partial charge on any atom is 0.134 e. The predicted molar refractivity (Wildman–Crippen MR) is 71.2 cm³/mol. The van der Waals surface area contributed by atoms with Crippen molar-refractivity contribution in [2.24, 2.45) is 5.92 Å². The van der Waals surface area contributed by atoms with E-state index < -0.39 is 0 Å². The molecule has 0 amide bonds. The van der Waals surface area contributed by atoms with Crippen LogP contribution in [0, 0.1) is 12.8 Å². The molecule has 1 saturated carbocycles. The molecule has 2 nitrogen and oxygen atoms in total. The topological polar surface area (TPSA) is 33.4 Å². The molecule has 0 bridgehead atoms. The zero-order chi connectivity index (χ0) is 12.5. The van der Waals surface area contributed by atoms with E-state index in [0.717, 1.165) is 35.5 Å². The minimum atomic E-state index is -0.361. The second-order valence-corrected chi connectivity index (χ2v) is 5.12. The molecule has 1 aliphatic rings. The lowest BCUT2D eigenvalue weighted by Crippen LogP contribution is -2.20. The normalized spacial score (nSPS) is 17.4. The predicted octanol–water partition coefficient (Wildman–Crippen LogP) is 4.09. The number of hydrogen-bond acceptors (Lipinski definition) is 2. The summed E-state index contributed by atoms with van der Waals surface area (Å²) in [5.41, 5.74) is 2.02. The first-order chi connectivity index (χ1) is 8.75. The van der Waals surface area contributed by atoms with Crippen LogP contribution in [0.15, 0.2) is 40.8 Å². The second-order valence-electron chi connectivity index (χ2n) is 5.12. The molecule has 0 radical (unpaired) electrons. The Balaban J connectivity index is 1.91. The standard InChI is InChI=1S/C16H18O2/c1-11-14(16(17)13-8-5-9-13)10-15(18-11)12-6-3-2-4-7-12/h2-4,6-7,10,13,16-17H,5,8-9H2,1H3. The van der Waals surface area contributed by atoms with Gasteiger partial charge < -0.3 is 9.52 Å². The first kappa shape index (κ1) is 11.5. The fourth-order valence-electron chi connectivity index (χ4n) is 2.54. The van der Waals surface area contributed by atoms with Gasteiger partial charge in [-0.3, -0.25) is 0 Å². The Morgan fingerprint density at radius 1 is 1.22 bits per heavy atom. The van der Waals surface area contributed by atoms with Crippen LogP contribution in [0.25, 0.3) is 11.3 Å². The van der Waals surface area contributed by atoms with Crippen LogP contribution in [-0.2, 0) is 0 Å². The number of aliphatic hydroxyl groups excluding tert-OH is 1. The zero-order valence-corrected chi connectivity index (χ0v) is 10.6. The number of aliphatic hydroxyl groups is 1. The van der Waals surface area contributed by atoms with Gasteiger partial charge in [0.2, 0.25) is 0 Å². The molecular formula is C16H18O2. The van der Waals surface area contributed by atoms with Crippen molar-refractivity contribution in [3.63, 3.8) is 0 Å². The minimum absolute atomic E-state index is 0.361. The molecule has 94 valence electrons. The van der Waals surface area contributed by atoms with E-state index in [9.17, 15) is 5.11 Å². The Hall–Kier alpha value is -1.54. The molecule has 18 heavy (non-hydrogen) atoms. The molecule has 2 heteroatoms. The maximum absolute atomic E-state index is 10.3. The summed E-state index contributed by atoms with van der Waals surface area (Å²) >= 11 is 0. The van der Waals surface area contributed by atoms with Gasteiger partial charge in [-0.25, -0.2) is 0 Å². The Labute approximate surface area is 107 Å². The van der Waals surface area contributed by atoms with Gasteiger partial charge in [-0.1, -0.05) is 36.8 Å². The smallest absolute Gasteiger partial charge is 0.134 e. The van der Waals surface area contributed by atoms with Crippen molar-refractivity contribution in [1.29, 1.82) is 0 Å². The largest absolute Gasteiger partial charge is 0.461 e. The van der Waals surface area contributed by atoms with Crippen molar-refractivity contribution < 1.29 is 9.52 Å². The first-order valence-electron chi connectivity index (χ1n) is 6.59. The van der Waals surface area contributed by atoms with Gasteiger partial charge >= 0.3 is 0 Å². The summed E-state index contributed by atoms with van der Waals surface area (Å²) in [7, 11) is 0. The monoisotopic (exact) mass is 242 g/mol. The highest BCUT2D eigenvalue weighted by Crippen LogP contribution is 2.40. The number of hydrogen-bond donors (Lipinski definition) is 1. The molecule has 2 aromatic rings. The Morgan fingerprint density at radius 2 is 1.94 bits per heavy atom. The van der Waals surface area contributed by atoms with Crippen molar-refractivity contribution in [2.75, 3.05) is 0 Å². The molecule has 1 aromatic carbocycles.